The SMILES string of the molecule is CNc1nc(NCCCOc2cccc(CN(C)C)c2)n(C)n1. The maximum Gasteiger partial charge on any atom is 0.243 e. The van der Waals surface area contributed by atoms with E-state index in [-0.39, 0.29) is 0 Å². The molecule has 0 radical (unpaired) electrons. The number of hydrogen-bond acceptors (Lipinski definition) is 6. The van der Waals surface area contributed by atoms with Gasteiger partial charge in [0.2, 0.25) is 11.9 Å². The number of ether oxygens (including phenoxy) is 1. The fourth-order valence-corrected chi connectivity index (χ4v) is 2.21. The van der Waals surface area contributed by atoms with E-state index in [1.165, 1.54) is 5.56 Å². The number of rotatable bonds is 9. The van der Waals surface area contributed by atoms with E-state index >= 15 is 0 Å². The number of aryl methyl sites for hydroxylation is 1. The second kappa shape index (κ2) is 8.38. The molecule has 2 rings (SSSR count). The Bertz CT molecular complexity index is 610. The molecule has 0 aliphatic carbocycles. The Balaban J connectivity index is 1.72. The zero-order valence-corrected chi connectivity index (χ0v) is 14.3. The fraction of sp³-hybridized carbons (Fsp3) is 0.500. The van der Waals surface area contributed by atoms with Gasteiger partial charge in [0.1, 0.15) is 5.75 Å². The van der Waals surface area contributed by atoms with Gasteiger partial charge in [-0.2, -0.15) is 4.98 Å². The molecule has 0 saturated heterocycles. The van der Waals surface area contributed by atoms with Gasteiger partial charge in [-0.1, -0.05) is 12.1 Å². The van der Waals surface area contributed by atoms with Crippen LogP contribution >= 0.6 is 0 Å². The predicted molar refractivity (Wildman–Crippen MR) is 93.0 cm³/mol. The molecular weight excluding hydrogens is 292 g/mol. The van der Waals surface area contributed by atoms with Crippen molar-refractivity contribution in [2.75, 3.05) is 44.9 Å². The van der Waals surface area contributed by atoms with Crippen LogP contribution in [0.15, 0.2) is 24.3 Å². The monoisotopic (exact) mass is 318 g/mol. The van der Waals surface area contributed by atoms with E-state index in [2.05, 4.69) is 51.8 Å². The van der Waals surface area contributed by atoms with Crippen molar-refractivity contribution in [2.24, 2.45) is 7.05 Å². The zero-order chi connectivity index (χ0) is 16.7. The molecule has 0 aliphatic rings. The Morgan fingerprint density at radius 1 is 1.30 bits per heavy atom. The fourth-order valence-electron chi connectivity index (χ4n) is 2.21. The third-order valence-corrected chi connectivity index (χ3v) is 3.26. The van der Waals surface area contributed by atoms with E-state index < -0.39 is 0 Å². The minimum Gasteiger partial charge on any atom is -0.494 e. The van der Waals surface area contributed by atoms with Crippen molar-refractivity contribution in [1.29, 1.82) is 0 Å². The zero-order valence-electron chi connectivity index (χ0n) is 14.3. The Hall–Kier alpha value is -2.28. The van der Waals surface area contributed by atoms with Gasteiger partial charge in [0.25, 0.3) is 0 Å². The van der Waals surface area contributed by atoms with Gasteiger partial charge < -0.3 is 20.3 Å². The van der Waals surface area contributed by atoms with Crippen LogP contribution in [0.25, 0.3) is 0 Å². The number of anilines is 2. The topological polar surface area (TPSA) is 67.2 Å². The highest BCUT2D eigenvalue weighted by molar-refractivity contribution is 5.34. The van der Waals surface area contributed by atoms with Gasteiger partial charge in [0.05, 0.1) is 6.61 Å². The molecule has 0 atom stereocenters. The summed E-state index contributed by atoms with van der Waals surface area (Å²) in [5.74, 6) is 2.28. The lowest BCUT2D eigenvalue weighted by Gasteiger charge is -2.12. The summed E-state index contributed by atoms with van der Waals surface area (Å²) in [4.78, 5) is 6.45. The average Bonchev–Trinajstić information content (AvgIpc) is 2.87. The molecule has 126 valence electrons. The highest BCUT2D eigenvalue weighted by Crippen LogP contribution is 2.14. The molecule has 0 saturated carbocycles. The van der Waals surface area contributed by atoms with Gasteiger partial charge in [0, 0.05) is 27.2 Å². The van der Waals surface area contributed by atoms with Gasteiger partial charge in [-0.25, -0.2) is 4.68 Å². The van der Waals surface area contributed by atoms with Gasteiger partial charge in [-0.15, -0.1) is 5.10 Å². The minimum absolute atomic E-state index is 0.615. The van der Waals surface area contributed by atoms with E-state index in [9.17, 15) is 0 Å². The second-order valence-electron chi connectivity index (χ2n) is 5.65. The van der Waals surface area contributed by atoms with Gasteiger partial charge in [0.15, 0.2) is 0 Å². The van der Waals surface area contributed by atoms with Gasteiger partial charge in [-0.3, -0.25) is 0 Å². The summed E-state index contributed by atoms with van der Waals surface area (Å²) in [6.45, 7) is 2.36. The van der Waals surface area contributed by atoms with Crippen molar-refractivity contribution < 1.29 is 4.74 Å². The van der Waals surface area contributed by atoms with E-state index in [1.54, 1.807) is 11.7 Å². The van der Waals surface area contributed by atoms with Crippen molar-refractivity contribution in [3.05, 3.63) is 29.8 Å². The van der Waals surface area contributed by atoms with E-state index in [0.717, 1.165) is 31.2 Å². The Morgan fingerprint density at radius 2 is 2.13 bits per heavy atom. The summed E-state index contributed by atoms with van der Waals surface area (Å²) in [6, 6.07) is 8.23. The molecule has 7 heteroatoms. The van der Waals surface area contributed by atoms with E-state index in [0.29, 0.717) is 12.6 Å². The highest BCUT2D eigenvalue weighted by Gasteiger charge is 2.04. The number of aromatic nitrogens is 3. The van der Waals surface area contributed by atoms with Crippen molar-refractivity contribution in [2.45, 2.75) is 13.0 Å². The van der Waals surface area contributed by atoms with Crippen LogP contribution in [0.5, 0.6) is 5.75 Å². The minimum atomic E-state index is 0.615. The molecule has 7 nitrogen and oxygen atoms in total. The number of nitrogens with zero attached hydrogens (tertiary/aromatic N) is 4. The summed E-state index contributed by atoms with van der Waals surface area (Å²) >= 11 is 0. The lowest BCUT2D eigenvalue weighted by molar-refractivity contribution is 0.313. The lowest BCUT2D eigenvalue weighted by Crippen LogP contribution is -2.11. The summed E-state index contributed by atoms with van der Waals surface area (Å²) < 4.78 is 7.53. The summed E-state index contributed by atoms with van der Waals surface area (Å²) in [7, 11) is 7.79. The van der Waals surface area contributed by atoms with Gasteiger partial charge >= 0.3 is 0 Å². The maximum atomic E-state index is 5.81. The molecule has 0 unspecified atom stereocenters. The third-order valence-electron chi connectivity index (χ3n) is 3.26. The van der Waals surface area contributed by atoms with Crippen molar-refractivity contribution in [1.82, 2.24) is 19.7 Å². The van der Waals surface area contributed by atoms with E-state index in [1.807, 2.05) is 19.2 Å². The molecule has 0 bridgehead atoms. The molecule has 0 amide bonds. The molecule has 0 fully saturated rings. The molecule has 0 aliphatic heterocycles. The van der Waals surface area contributed by atoms with Crippen LogP contribution in [-0.2, 0) is 13.6 Å². The van der Waals surface area contributed by atoms with Crippen LogP contribution in [0.2, 0.25) is 0 Å². The molecule has 1 heterocycles. The molecular formula is C16H26N6O. The van der Waals surface area contributed by atoms with Gasteiger partial charge in [-0.05, 0) is 38.2 Å². The quantitative estimate of drug-likeness (QED) is 0.687. The van der Waals surface area contributed by atoms with Crippen molar-refractivity contribution >= 4 is 11.9 Å². The predicted octanol–water partition coefficient (Wildman–Crippen LogP) is 1.80. The van der Waals surface area contributed by atoms with E-state index in [4.69, 9.17) is 4.74 Å². The summed E-state index contributed by atoms with van der Waals surface area (Å²) in [5, 5.41) is 10.4. The first-order chi connectivity index (χ1) is 11.1. The maximum absolute atomic E-state index is 5.81. The smallest absolute Gasteiger partial charge is 0.243 e. The number of hydrogen-bond donors (Lipinski definition) is 2. The van der Waals surface area contributed by atoms with Crippen LogP contribution < -0.4 is 15.4 Å². The largest absolute Gasteiger partial charge is 0.494 e. The van der Waals surface area contributed by atoms with Crippen LogP contribution in [0.1, 0.15) is 12.0 Å². The molecule has 0 spiro atoms. The first kappa shape index (κ1) is 17.1. The van der Waals surface area contributed by atoms with Crippen LogP contribution in [-0.4, -0.2) is 54.0 Å². The third kappa shape index (κ3) is 5.45. The average molecular weight is 318 g/mol. The number of benzene rings is 1. The summed E-state index contributed by atoms with van der Waals surface area (Å²) in [6.07, 6.45) is 0.889. The Labute approximate surface area is 137 Å². The Morgan fingerprint density at radius 3 is 2.83 bits per heavy atom. The standard InChI is InChI=1S/C16H26N6O/c1-17-15-19-16(22(4)20-15)18-9-6-10-23-14-8-5-7-13(11-14)12-21(2)3/h5,7-8,11H,6,9-10,12H2,1-4H3,(H2,17,18,19,20). The van der Waals surface area contributed by atoms with Crippen LogP contribution in [0.3, 0.4) is 0 Å². The first-order valence-electron chi connectivity index (χ1n) is 7.77. The highest BCUT2D eigenvalue weighted by atomic mass is 16.5. The number of nitrogens with one attached hydrogen (secondary N) is 2. The molecule has 23 heavy (non-hydrogen) atoms. The summed E-state index contributed by atoms with van der Waals surface area (Å²) in [5.41, 5.74) is 1.25. The Kier molecular flexibility index (Phi) is 6.22. The lowest BCUT2D eigenvalue weighted by atomic mass is 10.2. The molecule has 1 aromatic heterocycles. The van der Waals surface area contributed by atoms with Crippen molar-refractivity contribution in [3.63, 3.8) is 0 Å². The normalized spacial score (nSPS) is 10.8. The van der Waals surface area contributed by atoms with Crippen LogP contribution in [0.4, 0.5) is 11.9 Å². The molecule has 2 aromatic rings. The molecule has 2 N–H and O–H groups in total. The molecule has 1 aromatic carbocycles. The first-order valence-corrected chi connectivity index (χ1v) is 7.77. The van der Waals surface area contributed by atoms with Crippen molar-refractivity contribution in [3.8, 4) is 5.75 Å². The van der Waals surface area contributed by atoms with Crippen LogP contribution in [0, 0.1) is 0 Å². The second-order valence-corrected chi connectivity index (χ2v) is 5.65.